The summed E-state index contributed by atoms with van der Waals surface area (Å²) in [6.45, 7) is 8.78. The zero-order chi connectivity index (χ0) is 14.3. The van der Waals surface area contributed by atoms with Crippen molar-refractivity contribution in [2.24, 2.45) is 10.7 Å². The Morgan fingerprint density at radius 3 is 2.84 bits per heavy atom. The van der Waals surface area contributed by atoms with Gasteiger partial charge in [0.05, 0.1) is 13.2 Å². The molecule has 4 nitrogen and oxygen atoms in total. The Hall–Kier alpha value is -2.04. The molecule has 0 aliphatic rings. The van der Waals surface area contributed by atoms with Gasteiger partial charge < -0.3 is 15.8 Å². The number of rotatable bonds is 6. The molecule has 104 valence electrons. The van der Waals surface area contributed by atoms with Gasteiger partial charge in [-0.1, -0.05) is 18.2 Å². The van der Waals surface area contributed by atoms with E-state index in [-0.39, 0.29) is 11.6 Å². The normalized spacial score (nSPS) is 11.2. The summed E-state index contributed by atoms with van der Waals surface area (Å²) >= 11 is 0. The van der Waals surface area contributed by atoms with Crippen LogP contribution in [0.2, 0.25) is 0 Å². The van der Waals surface area contributed by atoms with E-state index in [2.05, 4.69) is 16.9 Å². The Bertz CT molecular complexity index is 472. The Labute approximate surface area is 113 Å². The number of guanidine groups is 1. The Morgan fingerprint density at radius 2 is 2.26 bits per heavy atom. The first kappa shape index (κ1) is 15.0. The van der Waals surface area contributed by atoms with Crippen LogP contribution >= 0.6 is 0 Å². The molecule has 0 saturated carbocycles. The van der Waals surface area contributed by atoms with Crippen LogP contribution in [0.3, 0.4) is 0 Å². The lowest BCUT2D eigenvalue weighted by Crippen LogP contribution is -2.32. The number of aliphatic imine (C=N–C) groups is 1. The van der Waals surface area contributed by atoms with Gasteiger partial charge in [-0.2, -0.15) is 0 Å². The van der Waals surface area contributed by atoms with Crippen molar-refractivity contribution in [2.75, 3.05) is 13.2 Å². The van der Waals surface area contributed by atoms with Gasteiger partial charge in [0, 0.05) is 6.54 Å². The SMILES string of the molecule is C=C(C)CNC(N)=NCc1ccc(OCC)c(F)c1. The highest BCUT2D eigenvalue weighted by Crippen LogP contribution is 2.18. The van der Waals surface area contributed by atoms with E-state index in [1.54, 1.807) is 12.1 Å². The maximum absolute atomic E-state index is 13.6. The van der Waals surface area contributed by atoms with Gasteiger partial charge in [-0.25, -0.2) is 9.38 Å². The fourth-order valence-electron chi connectivity index (χ4n) is 1.39. The van der Waals surface area contributed by atoms with Crippen molar-refractivity contribution in [3.8, 4) is 5.75 Å². The largest absolute Gasteiger partial charge is 0.491 e. The summed E-state index contributed by atoms with van der Waals surface area (Å²) in [4.78, 5) is 4.12. The lowest BCUT2D eigenvalue weighted by atomic mass is 10.2. The number of hydrogen-bond donors (Lipinski definition) is 2. The maximum atomic E-state index is 13.6. The zero-order valence-corrected chi connectivity index (χ0v) is 11.4. The molecule has 1 rings (SSSR count). The molecule has 0 fully saturated rings. The molecule has 0 aliphatic carbocycles. The van der Waals surface area contributed by atoms with Crippen LogP contribution in [0.1, 0.15) is 19.4 Å². The van der Waals surface area contributed by atoms with Gasteiger partial charge in [0.25, 0.3) is 0 Å². The van der Waals surface area contributed by atoms with Gasteiger partial charge in [0.15, 0.2) is 17.5 Å². The van der Waals surface area contributed by atoms with Crippen molar-refractivity contribution in [2.45, 2.75) is 20.4 Å². The number of ether oxygens (including phenoxy) is 1. The Morgan fingerprint density at radius 1 is 1.53 bits per heavy atom. The average Bonchev–Trinajstić information content (AvgIpc) is 2.37. The molecule has 1 aromatic carbocycles. The van der Waals surface area contributed by atoms with Gasteiger partial charge in [-0.3, -0.25) is 0 Å². The van der Waals surface area contributed by atoms with E-state index in [0.29, 0.717) is 25.7 Å². The topological polar surface area (TPSA) is 59.6 Å². The fraction of sp³-hybridized carbons (Fsp3) is 0.357. The van der Waals surface area contributed by atoms with Crippen LogP contribution in [0.25, 0.3) is 0 Å². The fourth-order valence-corrected chi connectivity index (χ4v) is 1.39. The van der Waals surface area contributed by atoms with Crippen LogP contribution in [-0.2, 0) is 6.54 Å². The predicted molar refractivity (Wildman–Crippen MR) is 75.7 cm³/mol. The van der Waals surface area contributed by atoms with E-state index in [0.717, 1.165) is 11.1 Å². The predicted octanol–water partition coefficient (Wildman–Crippen LogP) is 2.20. The minimum Gasteiger partial charge on any atom is -0.491 e. The lowest BCUT2D eigenvalue weighted by molar-refractivity contribution is 0.321. The molecule has 0 radical (unpaired) electrons. The molecule has 0 heterocycles. The Kier molecular flexibility index (Phi) is 5.85. The minimum absolute atomic E-state index is 0.253. The van der Waals surface area contributed by atoms with Crippen LogP contribution in [-0.4, -0.2) is 19.1 Å². The summed E-state index contributed by atoms with van der Waals surface area (Å²) in [7, 11) is 0. The molecule has 0 spiro atoms. The molecule has 0 saturated heterocycles. The third kappa shape index (κ3) is 5.42. The van der Waals surface area contributed by atoms with Crippen molar-refractivity contribution < 1.29 is 9.13 Å². The first-order chi connectivity index (χ1) is 9.02. The standard InChI is InChI=1S/C14H20FN3O/c1-4-19-13-6-5-11(7-12(13)15)9-18-14(16)17-8-10(2)3/h5-7H,2,4,8-9H2,1,3H3,(H3,16,17,18). The smallest absolute Gasteiger partial charge is 0.189 e. The number of nitrogens with one attached hydrogen (secondary N) is 1. The van der Waals surface area contributed by atoms with Crippen LogP contribution in [0.15, 0.2) is 35.3 Å². The lowest BCUT2D eigenvalue weighted by Gasteiger charge is -2.07. The van der Waals surface area contributed by atoms with Gasteiger partial charge in [0.1, 0.15) is 0 Å². The highest BCUT2D eigenvalue weighted by molar-refractivity contribution is 5.78. The quantitative estimate of drug-likeness (QED) is 0.471. The highest BCUT2D eigenvalue weighted by atomic mass is 19.1. The zero-order valence-electron chi connectivity index (χ0n) is 11.4. The molecule has 0 aliphatic heterocycles. The van der Waals surface area contributed by atoms with E-state index in [1.165, 1.54) is 6.07 Å². The third-order valence-electron chi connectivity index (χ3n) is 2.30. The molecular formula is C14H20FN3O. The number of halogens is 1. The molecule has 0 aromatic heterocycles. The summed E-state index contributed by atoms with van der Waals surface area (Å²) in [5, 5.41) is 2.91. The van der Waals surface area contributed by atoms with Crippen molar-refractivity contribution in [3.05, 3.63) is 41.7 Å². The molecule has 3 N–H and O–H groups in total. The van der Waals surface area contributed by atoms with Crippen LogP contribution in [0.5, 0.6) is 5.75 Å². The van der Waals surface area contributed by atoms with Crippen molar-refractivity contribution in [3.63, 3.8) is 0 Å². The summed E-state index contributed by atoms with van der Waals surface area (Å²) in [6.07, 6.45) is 0. The monoisotopic (exact) mass is 265 g/mol. The summed E-state index contributed by atoms with van der Waals surface area (Å²) in [5.41, 5.74) is 7.37. The summed E-state index contributed by atoms with van der Waals surface area (Å²) in [5.74, 6) is 0.184. The summed E-state index contributed by atoms with van der Waals surface area (Å²) in [6, 6.07) is 4.77. The molecule has 5 heteroatoms. The van der Waals surface area contributed by atoms with Crippen LogP contribution in [0.4, 0.5) is 4.39 Å². The van der Waals surface area contributed by atoms with Gasteiger partial charge in [-0.15, -0.1) is 0 Å². The molecule has 19 heavy (non-hydrogen) atoms. The molecule has 0 bridgehead atoms. The van der Waals surface area contributed by atoms with Gasteiger partial charge >= 0.3 is 0 Å². The van der Waals surface area contributed by atoms with Gasteiger partial charge in [0.2, 0.25) is 0 Å². The van der Waals surface area contributed by atoms with E-state index in [4.69, 9.17) is 10.5 Å². The second-order valence-corrected chi connectivity index (χ2v) is 4.21. The van der Waals surface area contributed by atoms with Crippen LogP contribution in [0, 0.1) is 5.82 Å². The summed E-state index contributed by atoms with van der Waals surface area (Å²) < 4.78 is 18.7. The Balaban J connectivity index is 2.60. The van der Waals surface area contributed by atoms with Crippen molar-refractivity contribution >= 4 is 5.96 Å². The number of hydrogen-bond acceptors (Lipinski definition) is 2. The van der Waals surface area contributed by atoms with Gasteiger partial charge in [-0.05, 0) is 31.5 Å². The van der Waals surface area contributed by atoms with E-state index < -0.39 is 0 Å². The highest BCUT2D eigenvalue weighted by Gasteiger charge is 2.03. The van der Waals surface area contributed by atoms with Crippen molar-refractivity contribution in [1.82, 2.24) is 5.32 Å². The molecule has 0 unspecified atom stereocenters. The first-order valence-corrected chi connectivity index (χ1v) is 6.12. The van der Waals surface area contributed by atoms with E-state index in [9.17, 15) is 4.39 Å². The minimum atomic E-state index is -0.386. The first-order valence-electron chi connectivity index (χ1n) is 6.12. The third-order valence-corrected chi connectivity index (χ3v) is 2.30. The second kappa shape index (κ2) is 7.41. The second-order valence-electron chi connectivity index (χ2n) is 4.21. The molecule has 1 aromatic rings. The maximum Gasteiger partial charge on any atom is 0.189 e. The average molecular weight is 265 g/mol. The molecule has 0 atom stereocenters. The number of benzene rings is 1. The van der Waals surface area contributed by atoms with E-state index >= 15 is 0 Å². The number of nitrogens with two attached hydrogens (primary N) is 1. The van der Waals surface area contributed by atoms with Crippen molar-refractivity contribution in [1.29, 1.82) is 0 Å². The molecule has 0 amide bonds. The molecular weight excluding hydrogens is 245 g/mol. The van der Waals surface area contributed by atoms with E-state index in [1.807, 2.05) is 13.8 Å². The van der Waals surface area contributed by atoms with Crippen LogP contribution < -0.4 is 15.8 Å². The number of nitrogens with zero attached hydrogens (tertiary/aromatic N) is 1.